The number of fused-ring (bicyclic) bond motifs is 2. The number of furan rings is 1. The maximum atomic E-state index is 12.9. The van der Waals surface area contributed by atoms with Crippen LogP contribution in [0.4, 0.5) is 0 Å². The van der Waals surface area contributed by atoms with Crippen molar-refractivity contribution in [1.82, 2.24) is 5.32 Å². The highest BCUT2D eigenvalue weighted by atomic mass is 35.5. The van der Waals surface area contributed by atoms with Gasteiger partial charge in [-0.3, -0.25) is 4.79 Å². The van der Waals surface area contributed by atoms with E-state index in [4.69, 9.17) is 20.4 Å². The summed E-state index contributed by atoms with van der Waals surface area (Å²) in [5, 5.41) is 14.2. The molecule has 1 atom stereocenters. The lowest BCUT2D eigenvalue weighted by molar-refractivity contribution is -0.141. The van der Waals surface area contributed by atoms with E-state index in [1.807, 2.05) is 43.3 Å². The Balaban J connectivity index is 1.47. The molecule has 2 N–H and O–H groups in total. The predicted molar refractivity (Wildman–Crippen MR) is 146 cm³/mol. The summed E-state index contributed by atoms with van der Waals surface area (Å²) < 4.78 is 11.5. The number of rotatable bonds is 7. The second-order valence-electron chi connectivity index (χ2n) is 9.20. The van der Waals surface area contributed by atoms with Crippen molar-refractivity contribution in [3.05, 3.63) is 105 Å². The van der Waals surface area contributed by atoms with Gasteiger partial charge in [0.05, 0.1) is 12.0 Å². The summed E-state index contributed by atoms with van der Waals surface area (Å²) in [4.78, 5) is 37.5. The van der Waals surface area contributed by atoms with Crippen molar-refractivity contribution in [2.24, 2.45) is 0 Å². The van der Waals surface area contributed by atoms with E-state index >= 15 is 0 Å². The first-order chi connectivity index (χ1) is 18.2. The largest absolute Gasteiger partial charge is 0.480 e. The quantitative estimate of drug-likeness (QED) is 0.257. The Labute approximate surface area is 222 Å². The Morgan fingerprint density at radius 2 is 1.63 bits per heavy atom. The maximum absolute atomic E-state index is 12.9. The van der Waals surface area contributed by atoms with Gasteiger partial charge in [0.1, 0.15) is 23.0 Å². The number of carbonyl (C=O) groups excluding carboxylic acids is 1. The Morgan fingerprint density at radius 3 is 2.32 bits per heavy atom. The molecule has 0 saturated heterocycles. The van der Waals surface area contributed by atoms with Gasteiger partial charge in [-0.15, -0.1) is 0 Å². The molecular weight excluding hydrogens is 506 g/mol. The van der Waals surface area contributed by atoms with E-state index in [9.17, 15) is 19.5 Å². The Kier molecular flexibility index (Phi) is 6.78. The molecule has 1 amide bonds. The van der Waals surface area contributed by atoms with Gasteiger partial charge in [-0.1, -0.05) is 54.1 Å². The Bertz CT molecular complexity index is 1740. The predicted octanol–water partition coefficient (Wildman–Crippen LogP) is 5.83. The molecule has 2 aromatic heterocycles. The number of carboxylic acid groups (broad SMARTS) is 1. The first kappa shape index (κ1) is 25.3. The van der Waals surface area contributed by atoms with Crippen LogP contribution in [-0.2, 0) is 22.4 Å². The first-order valence-corrected chi connectivity index (χ1v) is 12.4. The molecule has 2 heterocycles. The molecule has 192 valence electrons. The van der Waals surface area contributed by atoms with Gasteiger partial charge in [-0.05, 0) is 48.7 Å². The van der Waals surface area contributed by atoms with E-state index < -0.39 is 23.5 Å². The zero-order chi connectivity index (χ0) is 27.0. The van der Waals surface area contributed by atoms with E-state index in [-0.39, 0.29) is 18.4 Å². The van der Waals surface area contributed by atoms with Gasteiger partial charge in [0, 0.05) is 33.8 Å². The zero-order valence-corrected chi connectivity index (χ0v) is 21.5. The first-order valence-electron chi connectivity index (χ1n) is 12.0. The normalized spacial score (nSPS) is 12.1. The topological polar surface area (TPSA) is 110 Å². The second-order valence-corrected chi connectivity index (χ2v) is 9.64. The van der Waals surface area contributed by atoms with Crippen LogP contribution in [0.5, 0.6) is 0 Å². The number of carbonyl (C=O) groups is 2. The van der Waals surface area contributed by atoms with Crippen LogP contribution in [0.25, 0.3) is 33.1 Å². The minimum atomic E-state index is -1.18. The molecule has 0 aliphatic rings. The monoisotopic (exact) mass is 529 g/mol. The highest BCUT2D eigenvalue weighted by Crippen LogP contribution is 2.37. The maximum Gasteiger partial charge on any atom is 0.340 e. The van der Waals surface area contributed by atoms with Crippen molar-refractivity contribution in [3.63, 3.8) is 0 Å². The fraction of sp³-hybridized carbons (Fsp3) is 0.167. The number of hydrogen-bond donors (Lipinski definition) is 2. The SMILES string of the molecule is Cc1oc2cc3oc(=O)c(CC(=O)N[C@@H](Cc4ccc(Cl)cc4)C(=O)O)c(C)c3cc2c1-c1ccccc1. The average Bonchev–Trinajstić information content (AvgIpc) is 3.21. The van der Waals surface area contributed by atoms with Gasteiger partial charge in [-0.2, -0.15) is 0 Å². The standard InChI is InChI=1S/C30H24ClNO6/c1-16-21-13-23-26(37-17(2)28(23)19-6-4-3-5-7-19)15-25(21)38-30(36)22(16)14-27(33)32-24(29(34)35)12-18-8-10-20(31)11-9-18/h3-11,13,15,24H,12,14H2,1-2H3,(H,32,33)(H,34,35)/t24-/m0/s1. The molecule has 3 aromatic carbocycles. The van der Waals surface area contributed by atoms with E-state index in [0.717, 1.165) is 22.3 Å². The number of benzene rings is 3. The molecule has 7 nitrogen and oxygen atoms in total. The number of nitrogens with one attached hydrogen (secondary N) is 1. The van der Waals surface area contributed by atoms with Crippen LogP contribution >= 0.6 is 11.6 Å². The van der Waals surface area contributed by atoms with Gasteiger partial charge in [0.15, 0.2) is 0 Å². The number of halogens is 1. The summed E-state index contributed by atoms with van der Waals surface area (Å²) in [6.07, 6.45) is -0.244. The van der Waals surface area contributed by atoms with E-state index in [1.165, 1.54) is 0 Å². The summed E-state index contributed by atoms with van der Waals surface area (Å²) in [7, 11) is 0. The molecule has 0 fully saturated rings. The van der Waals surface area contributed by atoms with Gasteiger partial charge in [0.25, 0.3) is 0 Å². The lowest BCUT2D eigenvalue weighted by atomic mass is 9.98. The molecule has 5 aromatic rings. The molecule has 0 aliphatic carbocycles. The number of carboxylic acids is 1. The fourth-order valence-corrected chi connectivity index (χ4v) is 4.86. The molecule has 0 unspecified atom stereocenters. The summed E-state index contributed by atoms with van der Waals surface area (Å²) in [5.74, 6) is -1.03. The molecule has 38 heavy (non-hydrogen) atoms. The number of aliphatic carboxylic acids is 1. The minimum absolute atomic E-state index is 0.0731. The van der Waals surface area contributed by atoms with Gasteiger partial charge >= 0.3 is 11.6 Å². The third-order valence-corrected chi connectivity index (χ3v) is 6.91. The highest BCUT2D eigenvalue weighted by Gasteiger charge is 2.23. The zero-order valence-electron chi connectivity index (χ0n) is 20.7. The average molecular weight is 530 g/mol. The summed E-state index contributed by atoms with van der Waals surface area (Å²) in [6, 6.07) is 19.0. The molecule has 0 spiro atoms. The van der Waals surface area contributed by atoms with Crippen molar-refractivity contribution < 1.29 is 23.5 Å². The minimum Gasteiger partial charge on any atom is -0.480 e. The highest BCUT2D eigenvalue weighted by molar-refractivity contribution is 6.30. The second kappa shape index (κ2) is 10.2. The van der Waals surface area contributed by atoms with Crippen LogP contribution in [0, 0.1) is 13.8 Å². The fourth-order valence-electron chi connectivity index (χ4n) is 4.73. The van der Waals surface area contributed by atoms with E-state index in [1.54, 1.807) is 37.3 Å². The van der Waals surface area contributed by atoms with E-state index in [0.29, 0.717) is 32.7 Å². The third kappa shape index (κ3) is 4.93. The lowest BCUT2D eigenvalue weighted by Crippen LogP contribution is -2.43. The molecule has 0 saturated carbocycles. The van der Waals surface area contributed by atoms with Crippen molar-refractivity contribution in [2.75, 3.05) is 0 Å². The summed E-state index contributed by atoms with van der Waals surface area (Å²) in [6.45, 7) is 3.64. The van der Waals surface area contributed by atoms with Gasteiger partial charge < -0.3 is 19.3 Å². The Hall–Kier alpha value is -4.36. The Morgan fingerprint density at radius 1 is 0.947 bits per heavy atom. The molecule has 5 rings (SSSR count). The van der Waals surface area contributed by atoms with Crippen molar-refractivity contribution in [3.8, 4) is 11.1 Å². The van der Waals surface area contributed by atoms with Gasteiger partial charge in [0.2, 0.25) is 5.91 Å². The van der Waals surface area contributed by atoms with Crippen LogP contribution in [0.2, 0.25) is 5.02 Å². The smallest absolute Gasteiger partial charge is 0.340 e. The number of amides is 1. The summed E-state index contributed by atoms with van der Waals surface area (Å²) >= 11 is 5.90. The molecule has 0 aliphatic heterocycles. The third-order valence-electron chi connectivity index (χ3n) is 6.66. The van der Waals surface area contributed by atoms with Crippen LogP contribution in [-0.4, -0.2) is 23.0 Å². The van der Waals surface area contributed by atoms with Crippen LogP contribution < -0.4 is 10.9 Å². The van der Waals surface area contributed by atoms with Crippen molar-refractivity contribution in [1.29, 1.82) is 0 Å². The molecule has 0 radical (unpaired) electrons. The number of hydrogen-bond acceptors (Lipinski definition) is 5. The van der Waals surface area contributed by atoms with Crippen LogP contribution in [0.1, 0.15) is 22.5 Å². The summed E-state index contributed by atoms with van der Waals surface area (Å²) in [5.41, 5.74) is 3.70. The van der Waals surface area contributed by atoms with E-state index in [2.05, 4.69) is 5.32 Å². The lowest BCUT2D eigenvalue weighted by Gasteiger charge is -2.15. The number of aryl methyl sites for hydroxylation is 2. The molecule has 8 heteroatoms. The van der Waals surface area contributed by atoms with Gasteiger partial charge in [-0.25, -0.2) is 9.59 Å². The molecule has 0 bridgehead atoms. The van der Waals surface area contributed by atoms with Crippen molar-refractivity contribution in [2.45, 2.75) is 32.7 Å². The van der Waals surface area contributed by atoms with Crippen LogP contribution in [0.3, 0.4) is 0 Å². The van der Waals surface area contributed by atoms with Crippen LogP contribution in [0.15, 0.2) is 80.4 Å². The van der Waals surface area contributed by atoms with Crippen molar-refractivity contribution >= 4 is 45.4 Å². The molecular formula is C30H24ClNO6.